The highest BCUT2D eigenvalue weighted by atomic mass is 35.5. The van der Waals surface area contributed by atoms with E-state index in [4.69, 9.17) is 17.3 Å². The van der Waals surface area contributed by atoms with Gasteiger partial charge in [0.1, 0.15) is 5.82 Å². The Bertz CT molecular complexity index is 731. The van der Waals surface area contributed by atoms with Crippen molar-refractivity contribution in [2.24, 2.45) is 5.73 Å². The third-order valence-electron chi connectivity index (χ3n) is 2.83. The molecule has 0 heterocycles. The zero-order valence-corrected chi connectivity index (χ0v) is 11.6. The largest absolute Gasteiger partial charge is 0.416 e. The summed E-state index contributed by atoms with van der Waals surface area (Å²) >= 11 is 5.83. The number of primary amides is 1. The minimum atomic E-state index is -4.51. The average Bonchev–Trinajstić information content (AvgIpc) is 2.39. The Hall–Kier alpha value is -2.28. The van der Waals surface area contributed by atoms with Gasteiger partial charge in [0.15, 0.2) is 0 Å². The van der Waals surface area contributed by atoms with E-state index in [0.717, 1.165) is 24.3 Å². The first-order valence-corrected chi connectivity index (χ1v) is 6.29. The topological polar surface area (TPSA) is 55.1 Å². The van der Waals surface area contributed by atoms with Gasteiger partial charge in [-0.25, -0.2) is 9.18 Å². The third-order valence-corrected chi connectivity index (χ3v) is 3.15. The van der Waals surface area contributed by atoms with Crippen LogP contribution in [-0.4, -0.2) is 6.03 Å². The fraction of sp³-hybridized carbons (Fsp3) is 0.0714. The standard InChI is InChI=1S/C14H9ClF4N2O/c15-10-6-8(14(17,18)19)2-3-9(10)7-1-4-12(11(16)5-7)21-13(20)22/h1-6H,(H3,20,21,22). The zero-order chi connectivity index (χ0) is 16.5. The number of hydrogen-bond acceptors (Lipinski definition) is 1. The maximum absolute atomic E-state index is 13.8. The molecule has 0 saturated heterocycles. The molecule has 0 aromatic heterocycles. The van der Waals surface area contributed by atoms with Gasteiger partial charge in [0, 0.05) is 10.6 Å². The van der Waals surface area contributed by atoms with Gasteiger partial charge in [0.05, 0.1) is 11.3 Å². The molecule has 0 spiro atoms. The summed E-state index contributed by atoms with van der Waals surface area (Å²) in [6, 6.07) is 5.53. The van der Waals surface area contributed by atoms with Gasteiger partial charge >= 0.3 is 12.2 Å². The van der Waals surface area contributed by atoms with Crippen LogP contribution in [0.15, 0.2) is 36.4 Å². The highest BCUT2D eigenvalue weighted by Crippen LogP contribution is 2.36. The molecule has 0 atom stereocenters. The number of anilines is 1. The van der Waals surface area contributed by atoms with E-state index < -0.39 is 23.6 Å². The number of halogens is 5. The highest BCUT2D eigenvalue weighted by molar-refractivity contribution is 6.33. The predicted molar refractivity (Wildman–Crippen MR) is 75.1 cm³/mol. The van der Waals surface area contributed by atoms with Crippen LogP contribution >= 0.6 is 11.6 Å². The summed E-state index contributed by atoms with van der Waals surface area (Å²) in [5.41, 5.74) is 4.35. The smallest absolute Gasteiger partial charge is 0.351 e. The number of hydrogen-bond donors (Lipinski definition) is 2. The van der Waals surface area contributed by atoms with Gasteiger partial charge < -0.3 is 11.1 Å². The maximum Gasteiger partial charge on any atom is 0.416 e. The van der Waals surface area contributed by atoms with Gasteiger partial charge in [-0.3, -0.25) is 0 Å². The fourth-order valence-electron chi connectivity index (χ4n) is 1.84. The minimum absolute atomic E-state index is 0.140. The molecule has 2 amide bonds. The number of nitrogens with one attached hydrogen (secondary N) is 1. The summed E-state index contributed by atoms with van der Waals surface area (Å²) in [6.45, 7) is 0. The molecule has 0 fully saturated rings. The predicted octanol–water partition coefficient (Wildman–Crippen LogP) is 4.66. The molecular weight excluding hydrogens is 324 g/mol. The second-order valence-corrected chi connectivity index (χ2v) is 4.78. The van der Waals surface area contributed by atoms with Crippen molar-refractivity contribution in [3.05, 3.63) is 52.8 Å². The Kier molecular flexibility index (Phi) is 4.27. The average molecular weight is 333 g/mol. The third kappa shape index (κ3) is 3.48. The van der Waals surface area contributed by atoms with Crippen molar-refractivity contribution in [1.82, 2.24) is 0 Å². The Morgan fingerprint density at radius 3 is 2.32 bits per heavy atom. The number of benzene rings is 2. The normalized spacial score (nSPS) is 11.3. The van der Waals surface area contributed by atoms with Crippen LogP contribution in [0.3, 0.4) is 0 Å². The molecule has 0 unspecified atom stereocenters. The highest BCUT2D eigenvalue weighted by Gasteiger charge is 2.31. The van der Waals surface area contributed by atoms with E-state index in [1.807, 2.05) is 0 Å². The Morgan fingerprint density at radius 1 is 1.14 bits per heavy atom. The van der Waals surface area contributed by atoms with E-state index in [1.165, 1.54) is 12.1 Å². The van der Waals surface area contributed by atoms with E-state index in [9.17, 15) is 22.4 Å². The molecule has 0 aliphatic carbocycles. The molecule has 3 nitrogen and oxygen atoms in total. The summed E-state index contributed by atoms with van der Waals surface area (Å²) in [5.74, 6) is -0.785. The molecule has 116 valence electrons. The van der Waals surface area contributed by atoms with E-state index in [2.05, 4.69) is 5.32 Å². The molecule has 8 heteroatoms. The van der Waals surface area contributed by atoms with Gasteiger partial charge in [0.2, 0.25) is 0 Å². The van der Waals surface area contributed by atoms with Crippen LogP contribution in [-0.2, 0) is 6.18 Å². The molecule has 2 aromatic rings. The van der Waals surface area contributed by atoms with Gasteiger partial charge in [-0.1, -0.05) is 23.7 Å². The summed E-state index contributed by atoms with van der Waals surface area (Å²) in [5, 5.41) is 1.92. The molecule has 0 saturated carbocycles. The van der Waals surface area contributed by atoms with Crippen molar-refractivity contribution < 1.29 is 22.4 Å². The number of nitrogens with two attached hydrogens (primary N) is 1. The number of urea groups is 1. The molecule has 22 heavy (non-hydrogen) atoms. The Labute approximate surface area is 127 Å². The summed E-state index contributed by atoms with van der Waals surface area (Å²) in [7, 11) is 0. The fourth-order valence-corrected chi connectivity index (χ4v) is 2.13. The van der Waals surface area contributed by atoms with Crippen LogP contribution in [0, 0.1) is 5.82 Å². The van der Waals surface area contributed by atoms with E-state index >= 15 is 0 Å². The van der Waals surface area contributed by atoms with Crippen LogP contribution in [0.5, 0.6) is 0 Å². The summed E-state index contributed by atoms with van der Waals surface area (Å²) in [6.07, 6.45) is -4.51. The molecule has 2 rings (SSSR count). The lowest BCUT2D eigenvalue weighted by molar-refractivity contribution is -0.137. The van der Waals surface area contributed by atoms with Crippen molar-refractivity contribution in [3.63, 3.8) is 0 Å². The second-order valence-electron chi connectivity index (χ2n) is 4.38. The first-order valence-electron chi connectivity index (χ1n) is 5.91. The summed E-state index contributed by atoms with van der Waals surface area (Å²) in [4.78, 5) is 10.7. The quantitative estimate of drug-likeness (QED) is 0.772. The van der Waals surface area contributed by atoms with Crippen molar-refractivity contribution >= 4 is 23.3 Å². The van der Waals surface area contributed by atoms with Crippen LogP contribution in [0.1, 0.15) is 5.56 Å². The Morgan fingerprint density at radius 2 is 1.82 bits per heavy atom. The van der Waals surface area contributed by atoms with Crippen LogP contribution in [0.2, 0.25) is 5.02 Å². The second kappa shape index (κ2) is 5.84. The number of alkyl halides is 3. The van der Waals surface area contributed by atoms with Crippen molar-refractivity contribution in [3.8, 4) is 11.1 Å². The molecule has 0 bridgehead atoms. The maximum atomic E-state index is 13.8. The van der Waals surface area contributed by atoms with Gasteiger partial charge in [0.25, 0.3) is 0 Å². The first kappa shape index (κ1) is 16.1. The van der Waals surface area contributed by atoms with Crippen molar-refractivity contribution in [2.75, 3.05) is 5.32 Å². The van der Waals surface area contributed by atoms with Crippen molar-refractivity contribution in [2.45, 2.75) is 6.18 Å². The van der Waals surface area contributed by atoms with Gasteiger partial charge in [-0.05, 0) is 29.8 Å². The van der Waals surface area contributed by atoms with Crippen LogP contribution in [0.4, 0.5) is 28.0 Å². The van der Waals surface area contributed by atoms with E-state index in [-0.39, 0.29) is 21.8 Å². The molecule has 0 aliphatic rings. The van der Waals surface area contributed by atoms with E-state index in [0.29, 0.717) is 0 Å². The lowest BCUT2D eigenvalue weighted by Crippen LogP contribution is -2.19. The van der Waals surface area contributed by atoms with Gasteiger partial charge in [-0.2, -0.15) is 13.2 Å². The first-order chi connectivity index (χ1) is 10.2. The monoisotopic (exact) mass is 332 g/mol. The molecule has 0 radical (unpaired) electrons. The molecule has 0 aliphatic heterocycles. The molecule has 3 N–H and O–H groups in total. The zero-order valence-electron chi connectivity index (χ0n) is 10.8. The van der Waals surface area contributed by atoms with E-state index in [1.54, 1.807) is 0 Å². The van der Waals surface area contributed by atoms with Crippen molar-refractivity contribution in [1.29, 1.82) is 0 Å². The minimum Gasteiger partial charge on any atom is -0.351 e. The van der Waals surface area contributed by atoms with Crippen LogP contribution in [0.25, 0.3) is 11.1 Å². The molecule has 2 aromatic carbocycles. The number of carbonyl (C=O) groups excluding carboxylic acids is 1. The summed E-state index contributed by atoms with van der Waals surface area (Å²) < 4.78 is 51.5. The number of rotatable bonds is 2. The SMILES string of the molecule is NC(=O)Nc1ccc(-c2ccc(C(F)(F)F)cc2Cl)cc1F. The molecular formula is C14H9ClF4N2O. The van der Waals surface area contributed by atoms with Gasteiger partial charge in [-0.15, -0.1) is 0 Å². The van der Waals surface area contributed by atoms with Crippen LogP contribution < -0.4 is 11.1 Å². The Balaban J connectivity index is 2.40. The lowest BCUT2D eigenvalue weighted by atomic mass is 10.0. The number of carbonyl (C=O) groups is 1. The lowest BCUT2D eigenvalue weighted by Gasteiger charge is -2.11. The number of amides is 2.